The van der Waals surface area contributed by atoms with E-state index in [0.29, 0.717) is 17.2 Å². The fourth-order valence-corrected chi connectivity index (χ4v) is 1.31. The maximum Gasteiger partial charge on any atom is 0.147 e. The summed E-state index contributed by atoms with van der Waals surface area (Å²) in [5.74, 6) is 1.85. The van der Waals surface area contributed by atoms with Gasteiger partial charge in [-0.15, -0.1) is 21.8 Å². The first-order valence-corrected chi connectivity index (χ1v) is 5.41. The Bertz CT molecular complexity index is 288. The van der Waals surface area contributed by atoms with Crippen LogP contribution in [0.4, 0.5) is 0 Å². The van der Waals surface area contributed by atoms with Gasteiger partial charge in [0.05, 0.1) is 5.88 Å². The summed E-state index contributed by atoms with van der Waals surface area (Å²) >= 11 is 5.75. The highest BCUT2D eigenvalue weighted by atomic mass is 35.5. The first kappa shape index (κ1) is 11.5. The Kier molecular flexibility index (Phi) is 3.53. The summed E-state index contributed by atoms with van der Waals surface area (Å²) < 4.78 is 2.03. The van der Waals surface area contributed by atoms with Crippen LogP contribution in [-0.4, -0.2) is 14.8 Å². The van der Waals surface area contributed by atoms with Crippen LogP contribution in [0.25, 0.3) is 0 Å². The van der Waals surface area contributed by atoms with Crippen molar-refractivity contribution in [2.45, 2.75) is 40.1 Å². The Morgan fingerprint density at radius 1 is 1.50 bits per heavy atom. The van der Waals surface area contributed by atoms with Gasteiger partial charge in [-0.3, -0.25) is 0 Å². The normalized spacial score (nSPS) is 14.4. The van der Waals surface area contributed by atoms with Gasteiger partial charge in [-0.25, -0.2) is 0 Å². The van der Waals surface area contributed by atoms with Gasteiger partial charge in [0.1, 0.15) is 12.2 Å². The average molecular weight is 216 g/mol. The van der Waals surface area contributed by atoms with Crippen LogP contribution in [0.1, 0.15) is 33.5 Å². The molecular weight excluding hydrogens is 198 g/mol. The number of rotatable bonds is 3. The SMILES string of the molecule is CC(Cn1cnnc1CCl)C(C)(C)C. The molecule has 1 atom stereocenters. The Balaban J connectivity index is 2.69. The van der Waals surface area contributed by atoms with Crippen molar-refractivity contribution in [3.8, 4) is 0 Å². The molecule has 3 nitrogen and oxygen atoms in total. The number of nitrogens with zero attached hydrogens (tertiary/aromatic N) is 3. The van der Waals surface area contributed by atoms with Crippen molar-refractivity contribution in [2.75, 3.05) is 0 Å². The third kappa shape index (κ3) is 2.71. The summed E-state index contributed by atoms with van der Waals surface area (Å²) in [5, 5.41) is 7.81. The molecule has 1 heterocycles. The quantitative estimate of drug-likeness (QED) is 0.726. The number of hydrogen-bond acceptors (Lipinski definition) is 2. The first-order chi connectivity index (χ1) is 6.45. The predicted octanol–water partition coefficient (Wildman–Crippen LogP) is 2.70. The molecule has 1 aromatic heterocycles. The number of alkyl halides is 1. The second-order valence-electron chi connectivity index (χ2n) is 4.80. The molecule has 14 heavy (non-hydrogen) atoms. The third-order valence-electron chi connectivity index (χ3n) is 2.76. The van der Waals surface area contributed by atoms with Crippen LogP contribution in [0.15, 0.2) is 6.33 Å². The molecule has 0 aliphatic rings. The van der Waals surface area contributed by atoms with Crippen molar-refractivity contribution in [2.24, 2.45) is 11.3 Å². The minimum atomic E-state index is 0.299. The van der Waals surface area contributed by atoms with Crippen LogP contribution in [0, 0.1) is 11.3 Å². The van der Waals surface area contributed by atoms with E-state index in [1.54, 1.807) is 6.33 Å². The molecule has 4 heteroatoms. The molecule has 0 fully saturated rings. The molecule has 0 saturated heterocycles. The summed E-state index contributed by atoms with van der Waals surface area (Å²) in [6.45, 7) is 9.88. The van der Waals surface area contributed by atoms with E-state index in [1.165, 1.54) is 0 Å². The fraction of sp³-hybridized carbons (Fsp3) is 0.800. The van der Waals surface area contributed by atoms with E-state index in [9.17, 15) is 0 Å². The van der Waals surface area contributed by atoms with Gasteiger partial charge in [0.25, 0.3) is 0 Å². The zero-order valence-electron chi connectivity index (χ0n) is 9.29. The lowest BCUT2D eigenvalue weighted by Gasteiger charge is -2.27. The van der Waals surface area contributed by atoms with Crippen molar-refractivity contribution in [3.63, 3.8) is 0 Å². The molecule has 1 rings (SSSR count). The van der Waals surface area contributed by atoms with Crippen LogP contribution in [0.5, 0.6) is 0 Å². The van der Waals surface area contributed by atoms with E-state index >= 15 is 0 Å². The van der Waals surface area contributed by atoms with Crippen LogP contribution in [0.3, 0.4) is 0 Å². The standard InChI is InChI=1S/C10H18ClN3/c1-8(10(2,3)4)6-14-7-12-13-9(14)5-11/h7-8H,5-6H2,1-4H3. The van der Waals surface area contributed by atoms with E-state index in [2.05, 4.69) is 37.9 Å². The highest BCUT2D eigenvalue weighted by Crippen LogP contribution is 2.26. The Labute approximate surface area is 90.5 Å². The second kappa shape index (κ2) is 4.30. The maximum atomic E-state index is 5.75. The van der Waals surface area contributed by atoms with Crippen molar-refractivity contribution in [1.29, 1.82) is 0 Å². The summed E-state index contributed by atoms with van der Waals surface area (Å²) in [6.07, 6.45) is 1.75. The molecule has 0 aliphatic heterocycles. The molecule has 80 valence electrons. The Morgan fingerprint density at radius 3 is 2.64 bits per heavy atom. The minimum absolute atomic E-state index is 0.299. The van der Waals surface area contributed by atoms with Crippen molar-refractivity contribution < 1.29 is 0 Å². The highest BCUT2D eigenvalue weighted by molar-refractivity contribution is 6.16. The van der Waals surface area contributed by atoms with E-state index < -0.39 is 0 Å². The molecule has 0 N–H and O–H groups in total. The topological polar surface area (TPSA) is 30.7 Å². The van der Waals surface area contributed by atoms with E-state index in [0.717, 1.165) is 12.4 Å². The summed E-state index contributed by atoms with van der Waals surface area (Å²) in [4.78, 5) is 0. The molecule has 0 aliphatic carbocycles. The minimum Gasteiger partial charge on any atom is -0.316 e. The largest absolute Gasteiger partial charge is 0.316 e. The molecule has 1 aromatic rings. The summed E-state index contributed by atoms with van der Waals surface area (Å²) in [7, 11) is 0. The van der Waals surface area contributed by atoms with Crippen LogP contribution in [0.2, 0.25) is 0 Å². The number of aromatic nitrogens is 3. The smallest absolute Gasteiger partial charge is 0.147 e. The van der Waals surface area contributed by atoms with Crippen LogP contribution >= 0.6 is 11.6 Å². The zero-order valence-corrected chi connectivity index (χ0v) is 10.0. The number of hydrogen-bond donors (Lipinski definition) is 0. The lowest BCUT2D eigenvalue weighted by atomic mass is 9.82. The monoisotopic (exact) mass is 215 g/mol. The average Bonchev–Trinajstić information content (AvgIpc) is 2.50. The number of halogens is 1. The van der Waals surface area contributed by atoms with Crippen molar-refractivity contribution in [3.05, 3.63) is 12.2 Å². The van der Waals surface area contributed by atoms with Gasteiger partial charge in [0.15, 0.2) is 0 Å². The van der Waals surface area contributed by atoms with Crippen molar-refractivity contribution in [1.82, 2.24) is 14.8 Å². The molecule has 0 radical (unpaired) electrons. The lowest BCUT2D eigenvalue weighted by Crippen LogP contribution is -2.22. The first-order valence-electron chi connectivity index (χ1n) is 4.87. The Hall–Kier alpha value is -0.570. The molecule has 1 unspecified atom stereocenters. The van der Waals surface area contributed by atoms with Gasteiger partial charge in [-0.1, -0.05) is 27.7 Å². The molecule has 0 saturated carbocycles. The van der Waals surface area contributed by atoms with Gasteiger partial charge in [0, 0.05) is 6.54 Å². The zero-order chi connectivity index (χ0) is 10.8. The second-order valence-corrected chi connectivity index (χ2v) is 5.07. The molecule has 0 spiro atoms. The van der Waals surface area contributed by atoms with Gasteiger partial charge in [-0.2, -0.15) is 0 Å². The van der Waals surface area contributed by atoms with Gasteiger partial charge in [-0.05, 0) is 11.3 Å². The predicted molar refractivity (Wildman–Crippen MR) is 58.2 cm³/mol. The third-order valence-corrected chi connectivity index (χ3v) is 3.00. The van der Waals surface area contributed by atoms with Crippen LogP contribution in [-0.2, 0) is 12.4 Å². The van der Waals surface area contributed by atoms with Crippen LogP contribution < -0.4 is 0 Å². The molecule has 0 amide bonds. The molecule has 0 aromatic carbocycles. The fourth-order valence-electron chi connectivity index (χ4n) is 1.10. The van der Waals surface area contributed by atoms with Gasteiger partial charge < -0.3 is 4.57 Å². The van der Waals surface area contributed by atoms with E-state index in [-0.39, 0.29) is 0 Å². The molecule has 0 bridgehead atoms. The summed E-state index contributed by atoms with van der Waals surface area (Å²) in [5.41, 5.74) is 0.299. The van der Waals surface area contributed by atoms with E-state index in [4.69, 9.17) is 11.6 Å². The lowest BCUT2D eigenvalue weighted by molar-refractivity contribution is 0.231. The van der Waals surface area contributed by atoms with Gasteiger partial charge in [0.2, 0.25) is 0 Å². The summed E-state index contributed by atoms with van der Waals surface area (Å²) in [6, 6.07) is 0. The molecular formula is C10H18ClN3. The highest BCUT2D eigenvalue weighted by Gasteiger charge is 2.21. The Morgan fingerprint density at radius 2 is 2.14 bits per heavy atom. The van der Waals surface area contributed by atoms with E-state index in [1.807, 2.05) is 4.57 Å². The van der Waals surface area contributed by atoms with Crippen molar-refractivity contribution >= 4 is 11.6 Å². The maximum absolute atomic E-state index is 5.75. The van der Waals surface area contributed by atoms with Gasteiger partial charge >= 0.3 is 0 Å².